The first-order valence-corrected chi connectivity index (χ1v) is 8.52. The highest BCUT2D eigenvalue weighted by Gasteiger charge is 2.11. The van der Waals surface area contributed by atoms with E-state index in [2.05, 4.69) is 11.1 Å². The van der Waals surface area contributed by atoms with E-state index in [0.717, 1.165) is 11.4 Å². The van der Waals surface area contributed by atoms with Crippen LogP contribution in [0.4, 0.5) is 11.4 Å². The molecule has 2 aromatic rings. The average molecular weight is 360 g/mol. The Hall–Kier alpha value is -3.68. The summed E-state index contributed by atoms with van der Waals surface area (Å²) in [7, 11) is 0. The molecule has 2 aromatic carbocycles. The summed E-state index contributed by atoms with van der Waals surface area (Å²) in [6.45, 7) is 0. The lowest BCUT2D eigenvalue weighted by Crippen LogP contribution is -2.36. The van der Waals surface area contributed by atoms with Crippen LogP contribution in [-0.4, -0.2) is 10.0 Å². The highest BCUT2D eigenvalue weighted by atomic mass is 16.5. The van der Waals surface area contributed by atoms with Gasteiger partial charge >= 0.3 is 0 Å². The first-order chi connectivity index (χ1) is 13.4. The van der Waals surface area contributed by atoms with Crippen molar-refractivity contribution in [3.63, 3.8) is 0 Å². The van der Waals surface area contributed by atoms with Crippen LogP contribution >= 0.6 is 0 Å². The molecular formula is C20H20N6O. The lowest BCUT2D eigenvalue weighted by molar-refractivity contribution is 0.337. The van der Waals surface area contributed by atoms with Gasteiger partial charge in [0.15, 0.2) is 0 Å². The summed E-state index contributed by atoms with van der Waals surface area (Å²) < 4.78 is 5.41. The molecule has 7 heteroatoms. The van der Waals surface area contributed by atoms with Crippen molar-refractivity contribution in [2.45, 2.75) is 0 Å². The minimum atomic E-state index is 1.06. The number of hydrogen-bond donors (Lipinski definition) is 2. The van der Waals surface area contributed by atoms with Crippen molar-refractivity contribution in [3.05, 3.63) is 110 Å². The van der Waals surface area contributed by atoms with Crippen molar-refractivity contribution in [1.29, 1.82) is 0 Å². The zero-order valence-corrected chi connectivity index (χ0v) is 14.6. The molecule has 136 valence electrons. The van der Waals surface area contributed by atoms with E-state index in [9.17, 15) is 0 Å². The van der Waals surface area contributed by atoms with E-state index in [-0.39, 0.29) is 0 Å². The SMILES string of the molecule is C(=CN1C=CN(c2ccccc2)N1)OC=CN1C=CN(c2ccccc2)N1. The molecule has 0 bridgehead atoms. The molecule has 0 fully saturated rings. The normalized spacial score (nSPS) is 16.4. The molecule has 2 N–H and O–H groups in total. The summed E-state index contributed by atoms with van der Waals surface area (Å²) in [4.78, 5) is 0. The fourth-order valence-electron chi connectivity index (χ4n) is 2.54. The average Bonchev–Trinajstić information content (AvgIpc) is 3.39. The molecule has 2 aliphatic rings. The number of benzene rings is 2. The topological polar surface area (TPSA) is 46.2 Å². The Morgan fingerprint density at radius 1 is 0.593 bits per heavy atom. The van der Waals surface area contributed by atoms with E-state index in [1.165, 1.54) is 0 Å². The summed E-state index contributed by atoms with van der Waals surface area (Å²) >= 11 is 0. The maximum Gasteiger partial charge on any atom is 0.108 e. The van der Waals surface area contributed by atoms with Gasteiger partial charge in [-0.05, 0) is 24.3 Å². The van der Waals surface area contributed by atoms with Crippen LogP contribution in [-0.2, 0) is 4.74 Å². The van der Waals surface area contributed by atoms with Gasteiger partial charge in [0, 0.05) is 24.8 Å². The van der Waals surface area contributed by atoms with E-state index in [0.29, 0.717) is 0 Å². The van der Waals surface area contributed by atoms with Crippen LogP contribution in [0.3, 0.4) is 0 Å². The number of nitrogens with one attached hydrogen (secondary N) is 2. The van der Waals surface area contributed by atoms with E-state index in [1.807, 2.05) is 95.5 Å². The molecule has 0 saturated carbocycles. The minimum absolute atomic E-state index is 1.06. The monoisotopic (exact) mass is 360 g/mol. The predicted octanol–water partition coefficient (Wildman–Crippen LogP) is 3.37. The number of rotatable bonds is 6. The van der Waals surface area contributed by atoms with Crippen LogP contribution in [0.2, 0.25) is 0 Å². The Bertz CT molecular complexity index is 778. The van der Waals surface area contributed by atoms with Crippen molar-refractivity contribution in [2.75, 3.05) is 10.0 Å². The zero-order chi connectivity index (χ0) is 18.3. The Kier molecular flexibility index (Phi) is 5.05. The second kappa shape index (κ2) is 8.13. The second-order valence-electron chi connectivity index (χ2n) is 5.73. The molecule has 0 spiro atoms. The van der Waals surface area contributed by atoms with Gasteiger partial charge in [0.25, 0.3) is 0 Å². The Labute approximate surface area is 158 Å². The predicted molar refractivity (Wildman–Crippen MR) is 105 cm³/mol. The molecule has 0 unspecified atom stereocenters. The van der Waals surface area contributed by atoms with Crippen molar-refractivity contribution < 1.29 is 4.74 Å². The lowest BCUT2D eigenvalue weighted by Gasteiger charge is -2.20. The van der Waals surface area contributed by atoms with Gasteiger partial charge in [-0.1, -0.05) is 36.4 Å². The van der Waals surface area contributed by atoms with Gasteiger partial charge < -0.3 is 4.74 Å². The molecule has 2 aliphatic heterocycles. The van der Waals surface area contributed by atoms with Crippen molar-refractivity contribution in [3.8, 4) is 0 Å². The van der Waals surface area contributed by atoms with E-state index in [1.54, 1.807) is 34.9 Å². The van der Waals surface area contributed by atoms with Crippen LogP contribution in [0.25, 0.3) is 0 Å². The Balaban J connectivity index is 1.20. The van der Waals surface area contributed by atoms with Crippen LogP contribution in [0.15, 0.2) is 110 Å². The largest absolute Gasteiger partial charge is 0.469 e. The molecule has 0 saturated heterocycles. The summed E-state index contributed by atoms with van der Waals surface area (Å²) in [5.41, 5.74) is 8.49. The van der Waals surface area contributed by atoms with Crippen LogP contribution in [0.5, 0.6) is 0 Å². The zero-order valence-electron chi connectivity index (χ0n) is 14.6. The van der Waals surface area contributed by atoms with Gasteiger partial charge in [0.2, 0.25) is 0 Å². The number of hydrogen-bond acceptors (Lipinski definition) is 7. The molecule has 0 aromatic heterocycles. The van der Waals surface area contributed by atoms with Crippen molar-refractivity contribution in [2.24, 2.45) is 0 Å². The summed E-state index contributed by atoms with van der Waals surface area (Å²) in [5, 5.41) is 7.42. The second-order valence-corrected chi connectivity index (χ2v) is 5.73. The number of nitrogens with zero attached hydrogens (tertiary/aromatic N) is 4. The van der Waals surface area contributed by atoms with Gasteiger partial charge in [-0.3, -0.25) is 20.0 Å². The van der Waals surface area contributed by atoms with Gasteiger partial charge in [-0.15, -0.1) is 11.1 Å². The number of para-hydroxylation sites is 2. The number of ether oxygens (including phenoxy) is 1. The molecule has 27 heavy (non-hydrogen) atoms. The van der Waals surface area contributed by atoms with Gasteiger partial charge in [-0.2, -0.15) is 0 Å². The molecule has 0 amide bonds. The van der Waals surface area contributed by atoms with Gasteiger partial charge in [0.05, 0.1) is 23.8 Å². The first kappa shape index (κ1) is 16.8. The van der Waals surface area contributed by atoms with Crippen molar-refractivity contribution in [1.82, 2.24) is 21.1 Å². The third-order valence-electron chi connectivity index (χ3n) is 3.87. The smallest absolute Gasteiger partial charge is 0.108 e. The maximum atomic E-state index is 5.41. The Morgan fingerprint density at radius 2 is 1.04 bits per heavy atom. The number of hydrazine groups is 4. The van der Waals surface area contributed by atoms with E-state index < -0.39 is 0 Å². The summed E-state index contributed by atoms with van der Waals surface area (Å²) in [6.07, 6.45) is 14.4. The summed E-state index contributed by atoms with van der Waals surface area (Å²) in [5.74, 6) is 0. The molecule has 0 atom stereocenters. The van der Waals surface area contributed by atoms with Crippen LogP contribution < -0.4 is 21.1 Å². The third-order valence-corrected chi connectivity index (χ3v) is 3.87. The Morgan fingerprint density at radius 3 is 1.48 bits per heavy atom. The molecular weight excluding hydrogens is 340 g/mol. The fourth-order valence-corrected chi connectivity index (χ4v) is 2.54. The highest BCUT2D eigenvalue weighted by Crippen LogP contribution is 2.16. The van der Waals surface area contributed by atoms with Crippen molar-refractivity contribution >= 4 is 11.4 Å². The summed E-state index contributed by atoms with van der Waals surface area (Å²) in [6, 6.07) is 20.1. The molecule has 2 heterocycles. The molecule has 4 rings (SSSR count). The van der Waals surface area contributed by atoms with E-state index in [4.69, 9.17) is 4.74 Å². The fraction of sp³-hybridized carbons (Fsp3) is 0. The lowest BCUT2D eigenvalue weighted by atomic mass is 10.3. The molecule has 7 nitrogen and oxygen atoms in total. The molecule has 0 aliphatic carbocycles. The standard InChI is InChI=1S/C20H20N6O/c1-3-7-19(8-4-1)25-13-11-23(21-25)15-17-27-18-16-24-12-14-26(22-24)20-9-5-2-6-10-20/h1-18,21-22H. The number of anilines is 2. The maximum absolute atomic E-state index is 5.41. The van der Waals surface area contributed by atoms with Gasteiger partial charge in [0.1, 0.15) is 12.5 Å². The first-order valence-electron chi connectivity index (χ1n) is 8.52. The third kappa shape index (κ3) is 4.30. The van der Waals surface area contributed by atoms with Crippen LogP contribution in [0, 0.1) is 0 Å². The van der Waals surface area contributed by atoms with Crippen LogP contribution in [0.1, 0.15) is 0 Å². The van der Waals surface area contributed by atoms with E-state index >= 15 is 0 Å². The van der Waals surface area contributed by atoms with Gasteiger partial charge in [-0.25, -0.2) is 0 Å². The molecule has 0 radical (unpaired) electrons. The highest BCUT2D eigenvalue weighted by molar-refractivity contribution is 5.49. The minimum Gasteiger partial charge on any atom is -0.469 e. The quantitative estimate of drug-likeness (QED) is 0.766.